The number of benzene rings is 1. The van der Waals surface area contributed by atoms with E-state index < -0.39 is 8.68 Å². The Morgan fingerprint density at radius 3 is 2.45 bits per heavy atom. The van der Waals surface area contributed by atoms with E-state index in [1.165, 1.54) is 30.5 Å². The first-order chi connectivity index (χ1) is 14.6. The lowest BCUT2D eigenvalue weighted by Gasteiger charge is -2.40. The van der Waals surface area contributed by atoms with Crippen LogP contribution < -0.4 is 20.5 Å². The Morgan fingerprint density at radius 2 is 1.90 bits per heavy atom. The van der Waals surface area contributed by atoms with E-state index in [-0.39, 0.29) is 0 Å². The zero-order chi connectivity index (χ0) is 23.2. The van der Waals surface area contributed by atoms with E-state index in [0.29, 0.717) is 21.4 Å². The highest BCUT2D eigenvalue weighted by molar-refractivity contribution is 8.31. The minimum atomic E-state index is -2.83. The van der Waals surface area contributed by atoms with Crippen LogP contribution in [0.1, 0.15) is 51.3 Å². The molecule has 1 aromatic carbocycles. The van der Waals surface area contributed by atoms with Gasteiger partial charge in [-0.3, -0.25) is 0 Å². The van der Waals surface area contributed by atoms with Crippen molar-refractivity contribution in [3.8, 4) is 0 Å². The zero-order valence-electron chi connectivity index (χ0n) is 19.0. The van der Waals surface area contributed by atoms with Crippen molar-refractivity contribution in [3.05, 3.63) is 52.3 Å². The van der Waals surface area contributed by atoms with E-state index in [9.17, 15) is 4.21 Å². The molecule has 2 aromatic rings. The number of hydrogen-bond acceptors (Lipinski definition) is 5. The highest BCUT2D eigenvalue weighted by Gasteiger charge is 2.30. The molecular formula is C24H34N4OS2. The third-order valence-corrected chi connectivity index (χ3v) is 6.84. The highest BCUT2D eigenvalue weighted by Crippen LogP contribution is 2.35. The average Bonchev–Trinajstić information content (AvgIpc) is 3.16. The third kappa shape index (κ3) is 6.45. The monoisotopic (exact) mass is 458 g/mol. The van der Waals surface area contributed by atoms with Crippen LogP contribution in [-0.4, -0.2) is 27.3 Å². The number of aromatic nitrogens is 2. The summed E-state index contributed by atoms with van der Waals surface area (Å²) < 4.78 is 11.3. The Labute approximate surface area is 191 Å². The van der Waals surface area contributed by atoms with E-state index in [2.05, 4.69) is 79.2 Å². The summed E-state index contributed by atoms with van der Waals surface area (Å²) in [5, 5.41) is 6.57. The Hall–Kier alpha value is -2.09. The van der Waals surface area contributed by atoms with Crippen molar-refractivity contribution in [2.75, 3.05) is 11.9 Å². The van der Waals surface area contributed by atoms with Crippen LogP contribution in [0.3, 0.4) is 0 Å². The fourth-order valence-corrected chi connectivity index (χ4v) is 4.76. The topological polar surface area (TPSA) is 72.1 Å². The van der Waals surface area contributed by atoms with Gasteiger partial charge in [-0.1, -0.05) is 64.6 Å². The van der Waals surface area contributed by atoms with Crippen molar-refractivity contribution < 1.29 is 4.21 Å². The third-order valence-electron chi connectivity index (χ3n) is 5.31. The first-order valence-corrected chi connectivity index (χ1v) is 13.2. The van der Waals surface area contributed by atoms with Crippen LogP contribution >= 0.6 is 0 Å². The Balaban J connectivity index is 0.000000203. The smallest absolute Gasteiger partial charge is 0.139 e. The summed E-state index contributed by atoms with van der Waals surface area (Å²) in [4.78, 5) is 11.5. The van der Waals surface area contributed by atoms with Gasteiger partial charge in [0.2, 0.25) is 0 Å². The van der Waals surface area contributed by atoms with Gasteiger partial charge in [-0.05, 0) is 35.3 Å². The van der Waals surface area contributed by atoms with Gasteiger partial charge in [-0.2, -0.15) is 0 Å². The fourth-order valence-electron chi connectivity index (χ4n) is 3.55. The molecule has 0 radical (unpaired) electrons. The molecule has 0 bridgehead atoms. The Kier molecular flexibility index (Phi) is 8.91. The quantitative estimate of drug-likeness (QED) is 0.765. The molecule has 1 atom stereocenters. The molecule has 5 nitrogen and oxygen atoms in total. The maximum Gasteiger partial charge on any atom is 0.139 e. The van der Waals surface area contributed by atoms with Crippen LogP contribution in [0.4, 0.5) is 5.82 Å². The number of hydrogen-bond donors (Lipinski definition) is 1. The summed E-state index contributed by atoms with van der Waals surface area (Å²) in [6, 6.07) is 5.77. The second-order valence-electron chi connectivity index (χ2n) is 8.15. The van der Waals surface area contributed by atoms with E-state index >= 15 is 0 Å². The predicted molar refractivity (Wildman–Crippen MR) is 136 cm³/mol. The minimum absolute atomic E-state index is 0.407. The lowest BCUT2D eigenvalue weighted by Crippen LogP contribution is -2.42. The molecule has 1 heterocycles. The van der Waals surface area contributed by atoms with Crippen LogP contribution in [0, 0.1) is 5.92 Å². The molecule has 31 heavy (non-hydrogen) atoms. The lowest BCUT2D eigenvalue weighted by molar-refractivity contribution is 0.280. The number of rotatable bonds is 3. The van der Waals surface area contributed by atoms with E-state index in [0.717, 1.165) is 18.2 Å². The average molecular weight is 459 g/mol. The number of nitrogens with zero attached hydrogens (tertiary/aromatic N) is 3. The molecular weight excluding hydrogens is 424 g/mol. The zero-order valence-corrected chi connectivity index (χ0v) is 20.6. The van der Waals surface area contributed by atoms with Crippen molar-refractivity contribution in [3.63, 3.8) is 0 Å². The predicted octanol–water partition coefficient (Wildman–Crippen LogP) is 3.18. The molecule has 1 aromatic heterocycles. The molecule has 4 rings (SSSR count). The van der Waals surface area contributed by atoms with E-state index in [4.69, 9.17) is 5.14 Å². The summed E-state index contributed by atoms with van der Waals surface area (Å²) in [5.41, 5.74) is 2.40. The van der Waals surface area contributed by atoms with Gasteiger partial charge >= 0.3 is 0 Å². The van der Waals surface area contributed by atoms with Crippen LogP contribution in [0.2, 0.25) is 0 Å². The SMILES string of the molecule is C=c1cccc(S(N)(=O)=S)c1=C.CC1CC(N(C)c2ncnc3c2C=CC3)C1.CCC. The van der Waals surface area contributed by atoms with Gasteiger partial charge in [0, 0.05) is 36.3 Å². The Bertz CT molecular complexity index is 1120. The number of anilines is 1. The molecule has 1 saturated carbocycles. The van der Waals surface area contributed by atoms with Gasteiger partial charge in [0.15, 0.2) is 0 Å². The second kappa shape index (κ2) is 11.0. The summed E-state index contributed by atoms with van der Waals surface area (Å²) >= 11 is 4.64. The van der Waals surface area contributed by atoms with Gasteiger partial charge < -0.3 is 4.90 Å². The van der Waals surface area contributed by atoms with Gasteiger partial charge in [-0.15, -0.1) is 0 Å². The van der Waals surface area contributed by atoms with E-state index in [1.54, 1.807) is 24.5 Å². The largest absolute Gasteiger partial charge is 0.356 e. The maximum atomic E-state index is 11.3. The molecule has 2 N–H and O–H groups in total. The first-order valence-electron chi connectivity index (χ1n) is 10.6. The van der Waals surface area contributed by atoms with Crippen LogP contribution in [0.25, 0.3) is 19.2 Å². The first kappa shape index (κ1) is 25.2. The molecule has 2 aliphatic rings. The molecule has 0 aliphatic heterocycles. The standard InChI is InChI=1S/C13H17N3.C8H9NOS2.C3H8/c1-9-6-10(7-9)16(2)13-11-4-3-5-12(11)14-8-15-13;1-6-4-3-5-8(7(6)2)12(9,10)11;1-3-2/h3-4,8-10H,5-7H2,1-2H3;3-5H,1-2H2,(H2,9,10,11);3H2,1-2H3. The number of allylic oxidation sites excluding steroid dienone is 1. The molecule has 0 spiro atoms. The summed E-state index contributed by atoms with van der Waals surface area (Å²) in [5.74, 6) is 1.98. The molecule has 7 heteroatoms. The summed E-state index contributed by atoms with van der Waals surface area (Å²) in [7, 11) is -0.667. The molecule has 1 fully saturated rings. The van der Waals surface area contributed by atoms with Gasteiger partial charge in [0.1, 0.15) is 20.8 Å². The minimum Gasteiger partial charge on any atom is -0.356 e. The van der Waals surface area contributed by atoms with Crippen LogP contribution in [0.15, 0.2) is 35.5 Å². The lowest BCUT2D eigenvalue weighted by atomic mass is 9.81. The Morgan fingerprint density at radius 1 is 1.26 bits per heavy atom. The molecule has 0 saturated heterocycles. The second-order valence-corrected chi connectivity index (χ2v) is 11.2. The van der Waals surface area contributed by atoms with Crippen molar-refractivity contribution in [1.82, 2.24) is 9.97 Å². The molecule has 168 valence electrons. The van der Waals surface area contributed by atoms with Crippen molar-refractivity contribution >= 4 is 44.9 Å². The van der Waals surface area contributed by atoms with Gasteiger partial charge in [-0.25, -0.2) is 19.3 Å². The highest BCUT2D eigenvalue weighted by atomic mass is 32.8. The molecule has 1 unspecified atom stereocenters. The van der Waals surface area contributed by atoms with Crippen molar-refractivity contribution in [2.24, 2.45) is 11.1 Å². The number of nitrogens with two attached hydrogens (primary N) is 1. The molecule has 0 amide bonds. The maximum absolute atomic E-state index is 11.3. The van der Waals surface area contributed by atoms with Crippen molar-refractivity contribution in [2.45, 2.75) is 57.4 Å². The van der Waals surface area contributed by atoms with Crippen molar-refractivity contribution in [1.29, 1.82) is 0 Å². The number of fused-ring (bicyclic) bond motifs is 1. The normalized spacial score (nSPS) is 20.2. The summed E-state index contributed by atoms with van der Waals surface area (Å²) in [6.45, 7) is 14.0. The van der Waals surface area contributed by atoms with Crippen LogP contribution in [-0.2, 0) is 26.3 Å². The van der Waals surface area contributed by atoms with E-state index in [1.807, 2.05) is 0 Å². The van der Waals surface area contributed by atoms with Gasteiger partial charge in [0.25, 0.3) is 0 Å². The fraction of sp³-hybridized carbons (Fsp3) is 0.417. The van der Waals surface area contributed by atoms with Gasteiger partial charge in [0.05, 0.1) is 10.6 Å². The summed E-state index contributed by atoms with van der Waals surface area (Å²) in [6.07, 6.45) is 10.8. The van der Waals surface area contributed by atoms with Crippen LogP contribution in [0.5, 0.6) is 0 Å². The molecule has 2 aliphatic carbocycles.